The van der Waals surface area contributed by atoms with Crippen LogP contribution in [-0.2, 0) is 17.3 Å². The first kappa shape index (κ1) is 39.7. The fourth-order valence-electron chi connectivity index (χ4n) is 10.4. The third-order valence-corrected chi connectivity index (χ3v) is 30.8. The number of allylic oxidation sites excluding steroid dienone is 4. The highest BCUT2D eigenvalue weighted by atomic mass is 28.3. The Labute approximate surface area is 327 Å². The molecule has 53 heavy (non-hydrogen) atoms. The molecule has 0 unspecified atom stereocenters. The zero-order chi connectivity index (χ0) is 38.4. The van der Waals surface area contributed by atoms with Crippen molar-refractivity contribution < 1.29 is 0 Å². The van der Waals surface area contributed by atoms with Crippen molar-refractivity contribution >= 4 is 50.2 Å². The van der Waals surface area contributed by atoms with Crippen LogP contribution < -0.4 is 25.9 Å². The SMILES string of the molecule is CC[Si](CC)(CC)c1ccc([Si](c2ccc([Si](CC)(CC)CC)cc2)(c2c(C(C)(C)C)ccc3c2Cc2cc(C(C)(C)C)ccc2-3)C2C=CC=C2)cc1. The summed E-state index contributed by atoms with van der Waals surface area (Å²) in [5, 5.41) is 8.09. The lowest BCUT2D eigenvalue weighted by Crippen LogP contribution is -2.71. The molecule has 0 saturated heterocycles. The first-order valence-electron chi connectivity index (χ1n) is 21.1. The molecule has 0 aliphatic heterocycles. The van der Waals surface area contributed by atoms with Crippen LogP contribution in [0.3, 0.4) is 0 Å². The highest BCUT2D eigenvalue weighted by molar-refractivity contribution is 7.13. The standard InChI is InChI=1S/C50H68Si3/c1-13-51(14-2,15-3)39-24-28-42(29-25-39)53(41-21-19-20-22-41,43-30-26-40(27-31-43)52(16-4,17-5)18-6)48-46-36-37-35-38(49(7,8)9)23-32-44(37)45(46)33-34-47(48)50(10,11)12/h19-35,41H,13-18,36H2,1-12H3. The van der Waals surface area contributed by atoms with E-state index in [1.165, 1.54) is 64.1 Å². The van der Waals surface area contributed by atoms with Crippen LogP contribution in [-0.4, -0.2) is 24.2 Å². The second-order valence-corrected chi connectivity index (χ2v) is 33.0. The lowest BCUT2D eigenvalue weighted by Gasteiger charge is -2.43. The maximum atomic E-state index is 2.63. The molecule has 0 radical (unpaired) electrons. The predicted molar refractivity (Wildman–Crippen MR) is 245 cm³/mol. The summed E-state index contributed by atoms with van der Waals surface area (Å²) in [6.45, 7) is 29.1. The maximum Gasteiger partial charge on any atom is 0.159 e. The van der Waals surface area contributed by atoms with E-state index in [0.29, 0.717) is 5.54 Å². The van der Waals surface area contributed by atoms with E-state index in [1.54, 1.807) is 31.5 Å². The van der Waals surface area contributed by atoms with Crippen molar-refractivity contribution in [3.8, 4) is 11.1 Å². The topological polar surface area (TPSA) is 0 Å². The molecule has 0 spiro atoms. The van der Waals surface area contributed by atoms with Gasteiger partial charge in [-0.3, -0.25) is 0 Å². The number of benzene rings is 4. The molecule has 0 nitrogen and oxygen atoms in total. The minimum absolute atomic E-state index is 0.0106. The largest absolute Gasteiger partial charge is 0.159 e. The van der Waals surface area contributed by atoms with Gasteiger partial charge in [-0.1, -0.05) is 233 Å². The van der Waals surface area contributed by atoms with Crippen LogP contribution in [0.5, 0.6) is 0 Å². The van der Waals surface area contributed by atoms with Crippen LogP contribution in [0.25, 0.3) is 11.1 Å². The quantitative estimate of drug-likeness (QED) is 0.0879. The fourth-order valence-corrected chi connectivity index (χ4v) is 23.4. The van der Waals surface area contributed by atoms with E-state index in [9.17, 15) is 0 Å². The van der Waals surface area contributed by atoms with E-state index in [0.717, 1.165) is 6.42 Å². The molecular formula is C50H68Si3. The lowest BCUT2D eigenvalue weighted by molar-refractivity contribution is 0.589. The van der Waals surface area contributed by atoms with Gasteiger partial charge in [0.05, 0.1) is 16.1 Å². The number of fused-ring (bicyclic) bond motifs is 3. The minimum Gasteiger partial charge on any atom is -0.0793 e. The Morgan fingerprint density at radius 1 is 0.509 bits per heavy atom. The van der Waals surface area contributed by atoms with Crippen molar-refractivity contribution in [2.45, 2.75) is 142 Å². The van der Waals surface area contributed by atoms with Gasteiger partial charge < -0.3 is 0 Å². The minimum atomic E-state index is -2.76. The van der Waals surface area contributed by atoms with Crippen LogP contribution in [0.2, 0.25) is 41.8 Å². The van der Waals surface area contributed by atoms with E-state index in [2.05, 4.69) is 186 Å². The van der Waals surface area contributed by atoms with Crippen molar-refractivity contribution in [1.82, 2.24) is 0 Å². The molecule has 0 amide bonds. The molecule has 0 aromatic heterocycles. The van der Waals surface area contributed by atoms with Crippen LogP contribution in [0, 0.1) is 0 Å². The second kappa shape index (κ2) is 14.9. The summed E-state index contributed by atoms with van der Waals surface area (Å²) >= 11 is 0. The van der Waals surface area contributed by atoms with Crippen molar-refractivity contribution in [2.24, 2.45) is 0 Å². The smallest absolute Gasteiger partial charge is 0.0793 e. The second-order valence-electron chi connectivity index (χ2n) is 18.5. The molecule has 0 saturated carbocycles. The van der Waals surface area contributed by atoms with Crippen molar-refractivity contribution in [2.75, 3.05) is 0 Å². The normalized spacial score (nSPS) is 14.9. The zero-order valence-electron chi connectivity index (χ0n) is 35.3. The third-order valence-electron chi connectivity index (χ3n) is 14.4. The van der Waals surface area contributed by atoms with Gasteiger partial charge in [0, 0.05) is 5.54 Å². The Morgan fingerprint density at radius 2 is 0.943 bits per heavy atom. The number of hydrogen-bond donors (Lipinski definition) is 0. The Kier molecular flexibility index (Phi) is 11.2. The van der Waals surface area contributed by atoms with Crippen LogP contribution in [0.1, 0.15) is 105 Å². The summed E-state index contributed by atoms with van der Waals surface area (Å²) in [6, 6.07) is 41.2. The molecule has 4 aromatic rings. The van der Waals surface area contributed by atoms with Crippen molar-refractivity contribution in [1.29, 1.82) is 0 Å². The van der Waals surface area contributed by atoms with Gasteiger partial charge in [0.1, 0.15) is 0 Å². The average molecular weight is 753 g/mol. The first-order chi connectivity index (χ1) is 25.2. The van der Waals surface area contributed by atoms with Gasteiger partial charge >= 0.3 is 0 Å². The monoisotopic (exact) mass is 752 g/mol. The van der Waals surface area contributed by atoms with Gasteiger partial charge in [-0.25, -0.2) is 0 Å². The third kappa shape index (κ3) is 6.61. The zero-order valence-corrected chi connectivity index (χ0v) is 38.3. The Hall–Kier alpha value is -2.99. The maximum absolute atomic E-state index is 2.76. The van der Waals surface area contributed by atoms with E-state index in [1.807, 2.05) is 0 Å². The Balaban J connectivity index is 1.73. The van der Waals surface area contributed by atoms with Gasteiger partial charge in [-0.2, -0.15) is 0 Å². The molecule has 280 valence electrons. The highest BCUT2D eigenvalue weighted by Crippen LogP contribution is 2.43. The van der Waals surface area contributed by atoms with Crippen LogP contribution in [0.15, 0.2) is 103 Å². The van der Waals surface area contributed by atoms with Gasteiger partial charge in [0.25, 0.3) is 0 Å². The average Bonchev–Trinajstić information content (AvgIpc) is 3.83. The molecule has 2 aliphatic rings. The summed E-state index contributed by atoms with van der Waals surface area (Å²) < 4.78 is 0. The fraction of sp³-hybridized carbons (Fsp3) is 0.440. The van der Waals surface area contributed by atoms with Gasteiger partial charge in [0.2, 0.25) is 0 Å². The summed E-state index contributed by atoms with van der Waals surface area (Å²) in [7, 11) is -5.83. The first-order valence-corrected chi connectivity index (χ1v) is 28.4. The molecule has 0 N–H and O–H groups in total. The summed E-state index contributed by atoms with van der Waals surface area (Å²) in [5.74, 6) is 0. The van der Waals surface area contributed by atoms with Gasteiger partial charge in [-0.05, 0) is 66.2 Å². The van der Waals surface area contributed by atoms with E-state index >= 15 is 0 Å². The van der Waals surface area contributed by atoms with Gasteiger partial charge in [-0.15, -0.1) is 0 Å². The van der Waals surface area contributed by atoms with Gasteiger partial charge in [0.15, 0.2) is 8.07 Å². The molecule has 2 aliphatic carbocycles. The number of rotatable bonds is 12. The molecule has 0 heterocycles. The van der Waals surface area contributed by atoms with E-state index in [-0.39, 0.29) is 10.8 Å². The molecular weight excluding hydrogens is 685 g/mol. The molecule has 0 bridgehead atoms. The van der Waals surface area contributed by atoms with Crippen molar-refractivity contribution in [3.05, 3.63) is 125 Å². The van der Waals surface area contributed by atoms with E-state index in [4.69, 9.17) is 0 Å². The molecule has 4 aromatic carbocycles. The molecule has 0 atom stereocenters. The number of hydrogen-bond acceptors (Lipinski definition) is 0. The highest BCUT2D eigenvalue weighted by Gasteiger charge is 2.50. The Bertz CT molecular complexity index is 1880. The summed E-state index contributed by atoms with van der Waals surface area (Å²) in [5.41, 5.74) is 9.40. The van der Waals surface area contributed by atoms with Crippen LogP contribution in [0.4, 0.5) is 0 Å². The summed E-state index contributed by atoms with van der Waals surface area (Å²) in [4.78, 5) is 0. The molecule has 0 fully saturated rings. The lowest BCUT2D eigenvalue weighted by atomic mass is 9.84. The summed E-state index contributed by atoms with van der Waals surface area (Å²) in [6.07, 6.45) is 10.8. The molecule has 3 heteroatoms. The Morgan fingerprint density at radius 3 is 1.36 bits per heavy atom. The van der Waals surface area contributed by atoms with Crippen molar-refractivity contribution in [3.63, 3.8) is 0 Å². The molecule has 6 rings (SSSR count). The van der Waals surface area contributed by atoms with Crippen LogP contribution >= 0.6 is 0 Å². The van der Waals surface area contributed by atoms with E-state index < -0.39 is 24.2 Å². The predicted octanol–water partition coefficient (Wildman–Crippen LogP) is 11.3.